The van der Waals surface area contributed by atoms with Gasteiger partial charge in [0.15, 0.2) is 0 Å². The third-order valence-electron chi connectivity index (χ3n) is 2.79. The zero-order valence-electron chi connectivity index (χ0n) is 10.7. The molecule has 0 radical (unpaired) electrons. The number of primary amides is 1. The molecule has 0 aliphatic carbocycles. The molecule has 1 amide bonds. The first kappa shape index (κ1) is 12.9. The van der Waals surface area contributed by atoms with Crippen molar-refractivity contribution in [3.05, 3.63) is 60.2 Å². The van der Waals surface area contributed by atoms with Gasteiger partial charge in [0, 0.05) is 11.6 Å². The van der Waals surface area contributed by atoms with E-state index in [0.29, 0.717) is 0 Å². The maximum absolute atomic E-state index is 10.9. The highest BCUT2D eigenvalue weighted by molar-refractivity contribution is 5.92. The molecule has 0 bridgehead atoms. The molecule has 96 valence electrons. The molecule has 19 heavy (non-hydrogen) atoms. The number of hydrogen-bond acceptors (Lipinski definition) is 2. The maximum Gasteiger partial charge on any atom is 0.241 e. The highest BCUT2D eigenvalue weighted by Crippen LogP contribution is 2.32. The lowest BCUT2D eigenvalue weighted by Crippen LogP contribution is -2.05. The molecule has 0 aliphatic heterocycles. The molecule has 0 heterocycles. The summed E-state index contributed by atoms with van der Waals surface area (Å²) in [6, 6.07) is 15.5. The summed E-state index contributed by atoms with van der Waals surface area (Å²) in [4.78, 5) is 10.9. The topological polar surface area (TPSA) is 52.3 Å². The molecule has 3 heteroatoms. The number of hydrogen-bond donors (Lipinski definition) is 1. The normalized spacial score (nSPS) is 10.6. The lowest BCUT2D eigenvalue weighted by Gasteiger charge is -2.10. The van der Waals surface area contributed by atoms with Gasteiger partial charge < -0.3 is 10.5 Å². The van der Waals surface area contributed by atoms with Gasteiger partial charge in [-0.2, -0.15) is 0 Å². The Labute approximate surface area is 112 Å². The first-order valence-corrected chi connectivity index (χ1v) is 5.92. The summed E-state index contributed by atoms with van der Waals surface area (Å²) in [5, 5.41) is 0. The summed E-state index contributed by atoms with van der Waals surface area (Å²) < 4.78 is 5.36. The van der Waals surface area contributed by atoms with Gasteiger partial charge in [-0.05, 0) is 23.3 Å². The Hall–Kier alpha value is -2.55. The Kier molecular flexibility index (Phi) is 3.98. The predicted molar refractivity (Wildman–Crippen MR) is 76.7 cm³/mol. The molecule has 0 fully saturated rings. The Morgan fingerprint density at radius 3 is 2.37 bits per heavy atom. The Morgan fingerprint density at radius 2 is 1.68 bits per heavy atom. The number of para-hydroxylation sites is 1. The van der Waals surface area contributed by atoms with Crippen LogP contribution >= 0.6 is 0 Å². The van der Waals surface area contributed by atoms with Crippen molar-refractivity contribution in [1.29, 1.82) is 0 Å². The average molecular weight is 253 g/mol. The summed E-state index contributed by atoms with van der Waals surface area (Å²) >= 11 is 0. The van der Waals surface area contributed by atoms with Crippen LogP contribution in [0.3, 0.4) is 0 Å². The van der Waals surface area contributed by atoms with Gasteiger partial charge in [-0.15, -0.1) is 0 Å². The van der Waals surface area contributed by atoms with Crippen molar-refractivity contribution in [2.24, 2.45) is 5.73 Å². The van der Waals surface area contributed by atoms with E-state index in [4.69, 9.17) is 10.5 Å². The Balaban J connectivity index is 2.53. The average Bonchev–Trinajstić information content (AvgIpc) is 2.45. The fourth-order valence-corrected chi connectivity index (χ4v) is 1.93. The lowest BCUT2D eigenvalue weighted by atomic mass is 9.98. The Morgan fingerprint density at radius 1 is 1.05 bits per heavy atom. The van der Waals surface area contributed by atoms with E-state index in [0.717, 1.165) is 22.4 Å². The van der Waals surface area contributed by atoms with E-state index in [1.54, 1.807) is 13.2 Å². The fourth-order valence-electron chi connectivity index (χ4n) is 1.93. The van der Waals surface area contributed by atoms with Crippen molar-refractivity contribution < 1.29 is 9.53 Å². The lowest BCUT2D eigenvalue weighted by molar-refractivity contribution is -0.113. The molecular weight excluding hydrogens is 238 g/mol. The van der Waals surface area contributed by atoms with Crippen molar-refractivity contribution in [2.45, 2.75) is 0 Å². The van der Waals surface area contributed by atoms with Crippen LogP contribution < -0.4 is 10.5 Å². The smallest absolute Gasteiger partial charge is 0.241 e. The van der Waals surface area contributed by atoms with Crippen molar-refractivity contribution >= 4 is 12.0 Å². The molecule has 0 saturated carbocycles. The number of methoxy groups -OCH3 is 1. The highest BCUT2D eigenvalue weighted by Gasteiger charge is 2.07. The third-order valence-corrected chi connectivity index (χ3v) is 2.79. The van der Waals surface area contributed by atoms with Crippen LogP contribution in [0.15, 0.2) is 54.6 Å². The standard InChI is InChI=1S/C16H15NO2/c1-19-15-9-5-4-8-14(15)13-7-3-2-6-12(13)10-11-16(17)18/h2-11H,1H3,(H2,17,18)/b11-10+. The van der Waals surface area contributed by atoms with Gasteiger partial charge in [0.1, 0.15) is 5.75 Å². The van der Waals surface area contributed by atoms with Crippen LogP contribution in [0.5, 0.6) is 5.75 Å². The summed E-state index contributed by atoms with van der Waals surface area (Å²) in [6.45, 7) is 0. The number of ether oxygens (including phenoxy) is 1. The second-order valence-corrected chi connectivity index (χ2v) is 4.02. The van der Waals surface area contributed by atoms with Gasteiger partial charge in [0.05, 0.1) is 7.11 Å². The van der Waals surface area contributed by atoms with Gasteiger partial charge in [0.2, 0.25) is 5.91 Å². The van der Waals surface area contributed by atoms with E-state index in [9.17, 15) is 4.79 Å². The molecule has 0 aromatic heterocycles. The van der Waals surface area contributed by atoms with E-state index < -0.39 is 5.91 Å². The number of nitrogens with two attached hydrogens (primary N) is 1. The molecule has 2 aromatic rings. The van der Waals surface area contributed by atoms with Gasteiger partial charge in [-0.25, -0.2) is 0 Å². The van der Waals surface area contributed by atoms with E-state index in [1.165, 1.54) is 6.08 Å². The molecule has 3 nitrogen and oxygen atoms in total. The largest absolute Gasteiger partial charge is 0.496 e. The Bertz CT molecular complexity index is 618. The minimum absolute atomic E-state index is 0.463. The first-order valence-electron chi connectivity index (χ1n) is 5.92. The van der Waals surface area contributed by atoms with Crippen LogP contribution in [-0.2, 0) is 4.79 Å². The van der Waals surface area contributed by atoms with Crippen LogP contribution in [0, 0.1) is 0 Å². The molecule has 0 aliphatic rings. The van der Waals surface area contributed by atoms with Gasteiger partial charge in [-0.1, -0.05) is 42.5 Å². The second kappa shape index (κ2) is 5.87. The minimum atomic E-state index is -0.463. The van der Waals surface area contributed by atoms with E-state index in [-0.39, 0.29) is 0 Å². The quantitative estimate of drug-likeness (QED) is 0.852. The van der Waals surface area contributed by atoms with E-state index in [2.05, 4.69) is 0 Å². The van der Waals surface area contributed by atoms with Crippen molar-refractivity contribution in [3.63, 3.8) is 0 Å². The summed E-state index contributed by atoms with van der Waals surface area (Å²) in [7, 11) is 1.64. The molecule has 0 unspecified atom stereocenters. The SMILES string of the molecule is COc1ccccc1-c1ccccc1/C=C/C(N)=O. The van der Waals surface area contributed by atoms with E-state index in [1.807, 2.05) is 48.5 Å². The van der Waals surface area contributed by atoms with Gasteiger partial charge in [-0.3, -0.25) is 4.79 Å². The van der Waals surface area contributed by atoms with Crippen LogP contribution in [-0.4, -0.2) is 13.0 Å². The summed E-state index contributed by atoms with van der Waals surface area (Å²) in [5.41, 5.74) is 8.04. The van der Waals surface area contributed by atoms with Crippen LogP contribution in [0.2, 0.25) is 0 Å². The number of amides is 1. The van der Waals surface area contributed by atoms with Gasteiger partial charge in [0.25, 0.3) is 0 Å². The maximum atomic E-state index is 10.9. The molecule has 0 saturated heterocycles. The second-order valence-electron chi connectivity index (χ2n) is 4.02. The van der Waals surface area contributed by atoms with E-state index >= 15 is 0 Å². The predicted octanol–water partition coefficient (Wildman–Crippen LogP) is 2.86. The van der Waals surface area contributed by atoms with Crippen molar-refractivity contribution in [3.8, 4) is 16.9 Å². The molecule has 2 aromatic carbocycles. The summed E-state index contributed by atoms with van der Waals surface area (Å²) in [6.07, 6.45) is 3.07. The number of rotatable bonds is 4. The monoisotopic (exact) mass is 253 g/mol. The minimum Gasteiger partial charge on any atom is -0.496 e. The zero-order chi connectivity index (χ0) is 13.7. The summed E-state index contributed by atoms with van der Waals surface area (Å²) in [5.74, 6) is 0.331. The fraction of sp³-hybridized carbons (Fsp3) is 0.0625. The van der Waals surface area contributed by atoms with Crippen LogP contribution in [0.25, 0.3) is 17.2 Å². The molecule has 2 N–H and O–H groups in total. The molecule has 0 atom stereocenters. The first-order chi connectivity index (χ1) is 9.22. The number of benzene rings is 2. The third kappa shape index (κ3) is 3.01. The van der Waals surface area contributed by atoms with Crippen molar-refractivity contribution in [1.82, 2.24) is 0 Å². The number of carbonyl (C=O) groups is 1. The van der Waals surface area contributed by atoms with Crippen molar-refractivity contribution in [2.75, 3.05) is 7.11 Å². The molecule has 0 spiro atoms. The molecule has 2 rings (SSSR count). The van der Waals surface area contributed by atoms with Gasteiger partial charge >= 0.3 is 0 Å². The number of carbonyl (C=O) groups excluding carboxylic acids is 1. The van der Waals surface area contributed by atoms with Crippen LogP contribution in [0.4, 0.5) is 0 Å². The highest BCUT2D eigenvalue weighted by atomic mass is 16.5. The van der Waals surface area contributed by atoms with Crippen LogP contribution in [0.1, 0.15) is 5.56 Å². The zero-order valence-corrected chi connectivity index (χ0v) is 10.7. The molecular formula is C16H15NO2.